The zero-order valence-corrected chi connectivity index (χ0v) is 11.0. The van der Waals surface area contributed by atoms with E-state index in [4.69, 9.17) is 5.73 Å². The summed E-state index contributed by atoms with van der Waals surface area (Å²) in [5.74, 6) is 0.114. The first-order chi connectivity index (χ1) is 8.04. The third-order valence-electron chi connectivity index (χ3n) is 4.20. The van der Waals surface area contributed by atoms with Crippen LogP contribution in [0.2, 0.25) is 0 Å². The van der Waals surface area contributed by atoms with Gasteiger partial charge >= 0.3 is 0 Å². The molecule has 4 nitrogen and oxygen atoms in total. The van der Waals surface area contributed by atoms with Crippen LogP contribution in [0.4, 0.5) is 0 Å². The lowest BCUT2D eigenvalue weighted by molar-refractivity contribution is -0.124. The molecular formula is C13H26N2O2. The maximum absolute atomic E-state index is 11.8. The number of nitrogens with one attached hydrogen (secondary N) is 1. The topological polar surface area (TPSA) is 75.4 Å². The first kappa shape index (κ1) is 14.5. The molecule has 0 aromatic carbocycles. The normalized spacial score (nSPS) is 22.1. The molecule has 0 spiro atoms. The molecule has 1 fully saturated rings. The highest BCUT2D eigenvalue weighted by atomic mass is 16.3. The molecule has 0 radical (unpaired) electrons. The lowest BCUT2D eigenvalue weighted by atomic mass is 9.87. The van der Waals surface area contributed by atoms with Crippen LogP contribution in [-0.2, 0) is 4.79 Å². The van der Waals surface area contributed by atoms with E-state index in [0.717, 1.165) is 32.1 Å². The van der Waals surface area contributed by atoms with Gasteiger partial charge in [-0.3, -0.25) is 4.79 Å². The van der Waals surface area contributed by atoms with E-state index in [1.165, 1.54) is 0 Å². The van der Waals surface area contributed by atoms with Crippen molar-refractivity contribution in [3.8, 4) is 0 Å². The third kappa shape index (κ3) is 3.68. The van der Waals surface area contributed by atoms with Crippen LogP contribution in [-0.4, -0.2) is 30.2 Å². The smallest absolute Gasteiger partial charge is 0.237 e. The molecule has 0 heterocycles. The van der Waals surface area contributed by atoms with Gasteiger partial charge in [-0.25, -0.2) is 0 Å². The van der Waals surface area contributed by atoms with Crippen molar-refractivity contribution < 1.29 is 9.90 Å². The van der Waals surface area contributed by atoms with E-state index in [1.807, 2.05) is 13.8 Å². The van der Waals surface area contributed by atoms with Crippen molar-refractivity contribution in [3.05, 3.63) is 0 Å². The number of carbonyl (C=O) groups is 1. The van der Waals surface area contributed by atoms with Crippen molar-refractivity contribution in [3.63, 3.8) is 0 Å². The Balaban J connectivity index is 2.41. The molecule has 0 aromatic heterocycles. The highest BCUT2D eigenvalue weighted by Crippen LogP contribution is 2.36. The summed E-state index contributed by atoms with van der Waals surface area (Å²) in [6.07, 6.45) is 5.20. The van der Waals surface area contributed by atoms with Crippen molar-refractivity contribution >= 4 is 5.91 Å². The van der Waals surface area contributed by atoms with Crippen LogP contribution in [0.5, 0.6) is 0 Å². The van der Waals surface area contributed by atoms with Crippen LogP contribution in [0.1, 0.15) is 46.0 Å². The summed E-state index contributed by atoms with van der Waals surface area (Å²) in [4.78, 5) is 11.8. The van der Waals surface area contributed by atoms with Crippen molar-refractivity contribution in [1.29, 1.82) is 0 Å². The summed E-state index contributed by atoms with van der Waals surface area (Å²) < 4.78 is 0. The van der Waals surface area contributed by atoms with E-state index in [0.29, 0.717) is 6.54 Å². The summed E-state index contributed by atoms with van der Waals surface area (Å²) in [5, 5.41) is 12.3. The number of hydrogen-bond donors (Lipinski definition) is 3. The number of amides is 1. The van der Waals surface area contributed by atoms with Crippen molar-refractivity contribution in [1.82, 2.24) is 5.32 Å². The van der Waals surface area contributed by atoms with E-state index >= 15 is 0 Å². The van der Waals surface area contributed by atoms with Crippen LogP contribution in [0.3, 0.4) is 0 Å². The lowest BCUT2D eigenvalue weighted by Crippen LogP contribution is -2.48. The second-order valence-electron chi connectivity index (χ2n) is 5.49. The van der Waals surface area contributed by atoms with Gasteiger partial charge in [-0.1, -0.05) is 33.1 Å². The maximum atomic E-state index is 11.8. The largest absolute Gasteiger partial charge is 0.396 e. The minimum Gasteiger partial charge on any atom is -0.396 e. The minimum absolute atomic E-state index is 0.0842. The Kier molecular flexibility index (Phi) is 5.40. The quantitative estimate of drug-likeness (QED) is 0.651. The standard InChI is InChI=1S/C13H26N2O2/c1-3-10(2)11(14)12(17)15-8-13(9-16)6-4-5-7-13/h10-11,16H,3-9,14H2,1-2H3,(H,15,17). The Morgan fingerprint density at radius 2 is 2.06 bits per heavy atom. The first-order valence-electron chi connectivity index (χ1n) is 6.69. The fraction of sp³-hybridized carbons (Fsp3) is 0.923. The molecule has 1 saturated carbocycles. The fourth-order valence-electron chi connectivity index (χ4n) is 2.42. The van der Waals surface area contributed by atoms with Gasteiger partial charge in [0.1, 0.15) is 0 Å². The molecule has 1 aliphatic rings. The van der Waals surface area contributed by atoms with Gasteiger partial charge in [0.15, 0.2) is 0 Å². The number of aliphatic hydroxyl groups excluding tert-OH is 1. The van der Waals surface area contributed by atoms with Gasteiger partial charge < -0.3 is 16.2 Å². The summed E-state index contributed by atoms with van der Waals surface area (Å²) in [7, 11) is 0. The number of nitrogens with two attached hydrogens (primary N) is 1. The van der Waals surface area contributed by atoms with Gasteiger partial charge in [-0.15, -0.1) is 0 Å². The van der Waals surface area contributed by atoms with E-state index in [2.05, 4.69) is 5.32 Å². The van der Waals surface area contributed by atoms with E-state index < -0.39 is 6.04 Å². The van der Waals surface area contributed by atoms with Crippen LogP contribution in [0, 0.1) is 11.3 Å². The highest BCUT2D eigenvalue weighted by Gasteiger charge is 2.34. The van der Waals surface area contributed by atoms with Gasteiger partial charge in [-0.05, 0) is 18.8 Å². The second kappa shape index (κ2) is 6.36. The van der Waals surface area contributed by atoms with Crippen LogP contribution >= 0.6 is 0 Å². The van der Waals surface area contributed by atoms with Gasteiger partial charge in [0.25, 0.3) is 0 Å². The zero-order chi connectivity index (χ0) is 12.9. The highest BCUT2D eigenvalue weighted by molar-refractivity contribution is 5.81. The van der Waals surface area contributed by atoms with Crippen LogP contribution in [0.15, 0.2) is 0 Å². The minimum atomic E-state index is -0.433. The molecule has 100 valence electrons. The number of hydrogen-bond acceptors (Lipinski definition) is 3. The van der Waals surface area contributed by atoms with E-state index in [-0.39, 0.29) is 23.8 Å². The summed E-state index contributed by atoms with van der Waals surface area (Å²) >= 11 is 0. The Hall–Kier alpha value is -0.610. The van der Waals surface area contributed by atoms with Crippen molar-refractivity contribution in [2.45, 2.75) is 52.0 Å². The molecule has 2 unspecified atom stereocenters. The Morgan fingerprint density at radius 1 is 1.47 bits per heavy atom. The van der Waals surface area contributed by atoms with Crippen LogP contribution < -0.4 is 11.1 Å². The Bertz CT molecular complexity index is 250. The molecular weight excluding hydrogens is 216 g/mol. The molecule has 1 aliphatic carbocycles. The van der Waals surface area contributed by atoms with E-state index in [9.17, 15) is 9.90 Å². The lowest BCUT2D eigenvalue weighted by Gasteiger charge is -2.28. The van der Waals surface area contributed by atoms with Crippen molar-refractivity contribution in [2.24, 2.45) is 17.1 Å². The molecule has 4 N–H and O–H groups in total. The van der Waals surface area contributed by atoms with Gasteiger partial charge in [0.2, 0.25) is 5.91 Å². The van der Waals surface area contributed by atoms with Crippen molar-refractivity contribution in [2.75, 3.05) is 13.2 Å². The van der Waals surface area contributed by atoms with E-state index in [1.54, 1.807) is 0 Å². The third-order valence-corrected chi connectivity index (χ3v) is 4.20. The molecule has 2 atom stereocenters. The number of carbonyl (C=O) groups excluding carboxylic acids is 1. The van der Waals surface area contributed by atoms with Gasteiger partial charge in [0.05, 0.1) is 12.6 Å². The van der Waals surface area contributed by atoms with Gasteiger partial charge in [-0.2, -0.15) is 0 Å². The molecule has 1 amide bonds. The fourth-order valence-corrected chi connectivity index (χ4v) is 2.42. The molecule has 4 heteroatoms. The van der Waals surface area contributed by atoms with Gasteiger partial charge in [0, 0.05) is 12.0 Å². The first-order valence-corrected chi connectivity index (χ1v) is 6.69. The predicted molar refractivity (Wildman–Crippen MR) is 68.4 cm³/mol. The van der Waals surface area contributed by atoms with Crippen LogP contribution in [0.25, 0.3) is 0 Å². The summed E-state index contributed by atoms with van der Waals surface area (Å²) in [5.41, 5.74) is 5.77. The molecule has 0 saturated heterocycles. The average Bonchev–Trinajstić information content (AvgIpc) is 2.83. The molecule has 0 bridgehead atoms. The average molecular weight is 242 g/mol. The summed E-state index contributed by atoms with van der Waals surface area (Å²) in [6.45, 7) is 4.74. The number of aliphatic hydroxyl groups is 1. The second-order valence-corrected chi connectivity index (χ2v) is 5.49. The monoisotopic (exact) mass is 242 g/mol. The molecule has 17 heavy (non-hydrogen) atoms. The zero-order valence-electron chi connectivity index (χ0n) is 11.0. The predicted octanol–water partition coefficient (Wildman–Crippen LogP) is 1.03. The Morgan fingerprint density at radius 3 is 2.53 bits per heavy atom. The molecule has 1 rings (SSSR count). The number of rotatable bonds is 6. The SMILES string of the molecule is CCC(C)C(N)C(=O)NCC1(CO)CCCC1. The maximum Gasteiger partial charge on any atom is 0.237 e. The summed E-state index contributed by atoms with van der Waals surface area (Å²) in [6, 6.07) is -0.433. The Labute approximate surface area is 104 Å². The molecule has 0 aliphatic heterocycles. The molecule has 0 aromatic rings.